The molecule has 0 aliphatic carbocycles. The molecule has 1 aliphatic heterocycles. The summed E-state index contributed by atoms with van der Waals surface area (Å²) in [5.74, 6) is 1.31. The van der Waals surface area contributed by atoms with Gasteiger partial charge < -0.3 is 19.1 Å². The first kappa shape index (κ1) is 27.9. The van der Waals surface area contributed by atoms with Crippen LogP contribution in [0.2, 0.25) is 0 Å². The van der Waals surface area contributed by atoms with Crippen molar-refractivity contribution in [2.45, 2.75) is 19.8 Å². The van der Waals surface area contributed by atoms with Crippen LogP contribution in [0, 0.1) is 24.6 Å². The molecule has 9 rings (SSSR count). The molecule has 0 unspecified atom stereocenters. The van der Waals surface area contributed by atoms with Gasteiger partial charge in [0, 0.05) is 61.3 Å². The van der Waals surface area contributed by atoms with Gasteiger partial charge in [-0.25, -0.2) is 9.37 Å². The second kappa shape index (κ2) is 13.8. The standard InChI is InChI=1S/C45H32FN4O.Pt/c1-30(2)32-22-23-47-45(26-32)50-41-13-7-6-12-39(41)40-21-20-37(28-44(40)50)51-38-25-33(31-10-4-3-5-11-31)24-36(27-38)49-29-48(35-18-16-34(46)17-19-35)42-14-8-9-15-43(42)49;/h3-26,29-30H,1-2H3;/q-3;/i3D,4D,5D,10D,11D;. The number of ether oxygens (including phenoxy) is 1. The van der Waals surface area contributed by atoms with Crippen molar-refractivity contribution in [1.29, 1.82) is 0 Å². The van der Waals surface area contributed by atoms with Crippen LogP contribution in [0.4, 0.5) is 27.1 Å². The first-order chi connectivity index (χ1) is 27.1. The Morgan fingerprint density at radius 3 is 2.29 bits per heavy atom. The van der Waals surface area contributed by atoms with Crippen LogP contribution in [-0.2, 0) is 21.1 Å². The van der Waals surface area contributed by atoms with Crippen LogP contribution >= 0.6 is 0 Å². The van der Waals surface area contributed by atoms with Gasteiger partial charge >= 0.3 is 0 Å². The molecule has 0 saturated carbocycles. The summed E-state index contributed by atoms with van der Waals surface area (Å²) in [4.78, 5) is 8.55. The normalized spacial score (nSPS) is 13.7. The molecular weight excluding hydrogens is 827 g/mol. The third-order valence-corrected chi connectivity index (χ3v) is 9.06. The Morgan fingerprint density at radius 2 is 1.50 bits per heavy atom. The fourth-order valence-electron chi connectivity index (χ4n) is 6.57. The number of anilines is 4. The number of fused-ring (bicyclic) bond motifs is 4. The molecule has 1 aliphatic rings. The number of aromatic nitrogens is 2. The van der Waals surface area contributed by atoms with Gasteiger partial charge in [0.05, 0.1) is 6.85 Å². The van der Waals surface area contributed by atoms with Gasteiger partial charge in [-0.05, 0) is 77.0 Å². The predicted molar refractivity (Wildman–Crippen MR) is 204 cm³/mol. The van der Waals surface area contributed by atoms with E-state index in [9.17, 15) is 4.39 Å². The van der Waals surface area contributed by atoms with Crippen molar-refractivity contribution >= 4 is 44.6 Å². The van der Waals surface area contributed by atoms with Gasteiger partial charge in [-0.15, -0.1) is 53.6 Å². The minimum Gasteiger partial charge on any atom is -0.509 e. The first-order valence-corrected chi connectivity index (χ1v) is 16.6. The van der Waals surface area contributed by atoms with Crippen molar-refractivity contribution in [2.75, 3.05) is 9.80 Å². The molecule has 6 aromatic carbocycles. The summed E-state index contributed by atoms with van der Waals surface area (Å²) < 4.78 is 65.3. The summed E-state index contributed by atoms with van der Waals surface area (Å²) in [5, 5.41) is 2.00. The van der Waals surface area contributed by atoms with Gasteiger partial charge in [0.15, 0.2) is 0 Å². The van der Waals surface area contributed by atoms with Crippen LogP contribution in [0.25, 0.3) is 38.8 Å². The largest absolute Gasteiger partial charge is 0.509 e. The van der Waals surface area contributed by atoms with E-state index in [0.717, 1.165) is 50.2 Å². The first-order valence-electron chi connectivity index (χ1n) is 19.1. The van der Waals surface area contributed by atoms with E-state index in [-0.39, 0.29) is 50.3 Å². The van der Waals surface area contributed by atoms with Gasteiger partial charge in [0.2, 0.25) is 0 Å². The number of para-hydroxylation sites is 3. The second-order valence-electron chi connectivity index (χ2n) is 12.6. The summed E-state index contributed by atoms with van der Waals surface area (Å²) in [6, 6.07) is 38.1. The van der Waals surface area contributed by atoms with Crippen molar-refractivity contribution < 1.29 is 37.0 Å². The van der Waals surface area contributed by atoms with E-state index in [0.29, 0.717) is 22.9 Å². The van der Waals surface area contributed by atoms with E-state index in [2.05, 4.69) is 48.7 Å². The molecule has 5 nitrogen and oxygen atoms in total. The molecular formula is C45H32FN4OPt-3. The van der Waals surface area contributed by atoms with E-state index >= 15 is 0 Å². The Kier molecular flexibility index (Phi) is 7.41. The van der Waals surface area contributed by atoms with E-state index in [1.165, 1.54) is 12.1 Å². The number of benzene rings is 6. The van der Waals surface area contributed by atoms with Crippen LogP contribution in [0.1, 0.15) is 32.2 Å². The maximum atomic E-state index is 13.9. The van der Waals surface area contributed by atoms with Crippen LogP contribution in [-0.4, -0.2) is 9.55 Å². The minimum absolute atomic E-state index is 0. The summed E-state index contributed by atoms with van der Waals surface area (Å²) in [7, 11) is 0. The molecule has 258 valence electrons. The van der Waals surface area contributed by atoms with Crippen molar-refractivity contribution in [1.82, 2.24) is 9.55 Å². The average molecular weight is 864 g/mol. The van der Waals surface area contributed by atoms with Crippen LogP contribution in [0.5, 0.6) is 11.5 Å². The molecule has 0 fully saturated rings. The second-order valence-corrected chi connectivity index (χ2v) is 12.6. The Balaban J connectivity index is 0.00000455. The molecule has 0 bridgehead atoms. The molecule has 0 saturated heterocycles. The van der Waals surface area contributed by atoms with Gasteiger partial charge in [-0.1, -0.05) is 79.9 Å². The maximum absolute atomic E-state index is 13.9. The molecule has 8 aromatic rings. The Bertz CT molecular complexity index is 2820. The molecule has 3 heterocycles. The molecule has 2 aromatic heterocycles. The van der Waals surface area contributed by atoms with Gasteiger partial charge in [0.1, 0.15) is 11.6 Å². The Hall–Kier alpha value is -5.71. The zero-order chi connectivity index (χ0) is 38.8. The van der Waals surface area contributed by atoms with E-state index < -0.39 is 18.1 Å². The summed E-state index contributed by atoms with van der Waals surface area (Å²) in [5.41, 5.74) is 6.05. The van der Waals surface area contributed by atoms with E-state index in [4.69, 9.17) is 16.6 Å². The van der Waals surface area contributed by atoms with Gasteiger partial charge in [-0.3, -0.25) is 0 Å². The molecule has 0 amide bonds. The number of nitrogens with zero attached hydrogens (tertiary/aromatic N) is 4. The SMILES string of the molecule is [2H]c1c([2H])c([2H])c(-c2cc(Oc3[c-]c4c(cc3)c3ccccc3n4-c3cc(C(C)C)ccn3)[c-]c(N3[CH-]N(c4ccc(F)cc4)c4ccccc43)c2)c([2H])c1[2H].[Pt]. The fraction of sp³-hybridized carbons (Fsp3) is 0.0667. The molecule has 0 radical (unpaired) electrons. The number of hydrogen-bond donors (Lipinski definition) is 0. The zero-order valence-electron chi connectivity index (χ0n) is 33.0. The summed E-state index contributed by atoms with van der Waals surface area (Å²) in [6.07, 6.45) is 1.82. The number of hydrogen-bond acceptors (Lipinski definition) is 4. The summed E-state index contributed by atoms with van der Waals surface area (Å²) >= 11 is 0. The third-order valence-electron chi connectivity index (χ3n) is 9.06. The van der Waals surface area contributed by atoms with Crippen LogP contribution < -0.4 is 14.5 Å². The van der Waals surface area contributed by atoms with Crippen molar-refractivity contribution in [3.05, 3.63) is 176 Å². The number of rotatable bonds is 7. The molecule has 0 atom stereocenters. The number of halogens is 1. The average Bonchev–Trinajstić information content (AvgIpc) is 3.76. The maximum Gasteiger partial charge on any atom is 0.135 e. The monoisotopic (exact) mass is 863 g/mol. The smallest absolute Gasteiger partial charge is 0.135 e. The van der Waals surface area contributed by atoms with E-state index in [1.807, 2.05) is 77.3 Å². The minimum atomic E-state index is -0.480. The van der Waals surface area contributed by atoms with E-state index in [1.54, 1.807) is 24.3 Å². The zero-order valence-corrected chi connectivity index (χ0v) is 30.3. The Labute approximate surface area is 323 Å². The topological polar surface area (TPSA) is 33.5 Å². The van der Waals surface area contributed by atoms with Crippen molar-refractivity contribution in [3.63, 3.8) is 0 Å². The molecule has 52 heavy (non-hydrogen) atoms. The van der Waals surface area contributed by atoms with Gasteiger partial charge in [0.25, 0.3) is 0 Å². The van der Waals surface area contributed by atoms with Crippen molar-refractivity contribution in [2.24, 2.45) is 0 Å². The predicted octanol–water partition coefficient (Wildman–Crippen LogP) is 11.9. The number of pyridine rings is 1. The van der Waals surface area contributed by atoms with Gasteiger partial charge in [-0.2, -0.15) is 6.07 Å². The van der Waals surface area contributed by atoms with Crippen LogP contribution in [0.15, 0.2) is 146 Å². The third kappa shape index (κ3) is 6.03. The quantitative estimate of drug-likeness (QED) is 0.150. The van der Waals surface area contributed by atoms with Crippen LogP contribution in [0.3, 0.4) is 0 Å². The molecule has 7 heteroatoms. The summed E-state index contributed by atoms with van der Waals surface area (Å²) in [6.45, 7) is 6.13. The fourth-order valence-corrected chi connectivity index (χ4v) is 6.57. The van der Waals surface area contributed by atoms with Crippen molar-refractivity contribution in [3.8, 4) is 28.4 Å². The Morgan fingerprint density at radius 1 is 0.750 bits per heavy atom. The molecule has 0 N–H and O–H groups in total. The molecule has 0 spiro atoms.